The number of nitrogens with one attached hydrogen (secondary N) is 2. The van der Waals surface area contributed by atoms with Crippen LogP contribution in [0.4, 0.5) is 9.52 Å². The second-order valence-electron chi connectivity index (χ2n) is 9.74. The standard InChI is InChI=1S/C29H26FN3O2S/c1-17-15-20(9-10-23(17)30)18-5-7-19(8-6-18)25-26(22-3-2-4-24-21(22)11-14-31-24)36-28(33-25)32-16-29(12-13-29)27(34)35/h2-11,14-15,17,23,31H,12-13,16H2,1H3,(H,32,33)(H,34,35). The van der Waals surface area contributed by atoms with E-state index in [4.69, 9.17) is 4.98 Å². The van der Waals surface area contributed by atoms with Gasteiger partial charge in [0.2, 0.25) is 0 Å². The molecule has 36 heavy (non-hydrogen) atoms. The van der Waals surface area contributed by atoms with E-state index in [0.717, 1.165) is 43.7 Å². The van der Waals surface area contributed by atoms with Crippen molar-refractivity contribution in [2.45, 2.75) is 25.9 Å². The Morgan fingerprint density at radius 2 is 1.97 bits per heavy atom. The zero-order valence-electron chi connectivity index (χ0n) is 19.8. The van der Waals surface area contributed by atoms with Crippen molar-refractivity contribution in [1.82, 2.24) is 9.97 Å². The quantitative estimate of drug-likeness (QED) is 0.252. The van der Waals surface area contributed by atoms with Crippen molar-refractivity contribution in [1.29, 1.82) is 0 Å². The Morgan fingerprint density at radius 3 is 2.69 bits per heavy atom. The molecule has 2 unspecified atom stereocenters. The number of aliphatic carboxylic acids is 1. The van der Waals surface area contributed by atoms with Crippen LogP contribution in [0.25, 0.3) is 38.2 Å². The van der Waals surface area contributed by atoms with Gasteiger partial charge in [-0.25, -0.2) is 9.37 Å². The molecule has 0 amide bonds. The third kappa shape index (κ3) is 4.03. The molecule has 182 valence electrons. The molecule has 2 aliphatic carbocycles. The number of allylic oxidation sites excluding steroid dienone is 4. The van der Waals surface area contributed by atoms with Gasteiger partial charge >= 0.3 is 5.97 Å². The molecule has 6 rings (SSSR count). The highest BCUT2D eigenvalue weighted by molar-refractivity contribution is 7.19. The lowest BCUT2D eigenvalue weighted by Gasteiger charge is -2.16. The van der Waals surface area contributed by atoms with Crippen LogP contribution < -0.4 is 5.32 Å². The highest BCUT2D eigenvalue weighted by Gasteiger charge is 2.50. The molecule has 0 aliphatic heterocycles. The minimum absolute atomic E-state index is 0.147. The van der Waals surface area contributed by atoms with Gasteiger partial charge in [-0.05, 0) is 42.2 Å². The lowest BCUT2D eigenvalue weighted by Crippen LogP contribution is -2.24. The van der Waals surface area contributed by atoms with Crippen LogP contribution in [-0.2, 0) is 4.79 Å². The molecule has 1 saturated carbocycles. The molecule has 0 saturated heterocycles. The summed E-state index contributed by atoms with van der Waals surface area (Å²) in [6, 6.07) is 16.4. The molecule has 3 N–H and O–H groups in total. The zero-order chi connectivity index (χ0) is 24.9. The highest BCUT2D eigenvalue weighted by atomic mass is 32.1. The van der Waals surface area contributed by atoms with Gasteiger partial charge in [-0.2, -0.15) is 0 Å². The van der Waals surface area contributed by atoms with Crippen molar-refractivity contribution < 1.29 is 14.3 Å². The molecule has 2 atom stereocenters. The molecule has 1 fully saturated rings. The molecule has 5 nitrogen and oxygen atoms in total. The number of halogens is 1. The first-order chi connectivity index (χ1) is 17.4. The largest absolute Gasteiger partial charge is 0.481 e. The number of H-pyrrole nitrogens is 1. The Hall–Kier alpha value is -3.71. The Kier molecular flexibility index (Phi) is 5.52. The number of aromatic amines is 1. The van der Waals surface area contributed by atoms with Gasteiger partial charge in [0.05, 0.1) is 16.0 Å². The third-order valence-electron chi connectivity index (χ3n) is 7.25. The number of carboxylic acids is 1. The molecular formula is C29H26FN3O2S. The van der Waals surface area contributed by atoms with E-state index in [1.807, 2.05) is 49.5 Å². The molecule has 7 heteroatoms. The molecule has 2 aromatic carbocycles. The van der Waals surface area contributed by atoms with E-state index >= 15 is 0 Å². The highest BCUT2D eigenvalue weighted by Crippen LogP contribution is 2.47. The minimum atomic E-state index is -0.941. The average molecular weight is 500 g/mol. The SMILES string of the molecule is CC1C=C(c2ccc(-c3nc(NCC4(C(=O)O)CC4)sc3-c3cccc4[nH]ccc34)cc2)C=CC1F. The molecule has 4 aromatic rings. The smallest absolute Gasteiger partial charge is 0.311 e. The monoisotopic (exact) mass is 499 g/mol. The molecule has 2 heterocycles. The van der Waals surface area contributed by atoms with Gasteiger partial charge < -0.3 is 15.4 Å². The van der Waals surface area contributed by atoms with E-state index in [1.54, 1.807) is 17.4 Å². The molecular weight excluding hydrogens is 473 g/mol. The molecule has 2 aromatic heterocycles. The zero-order valence-corrected chi connectivity index (χ0v) is 20.6. The number of hydrogen-bond acceptors (Lipinski definition) is 4. The number of carbonyl (C=O) groups is 1. The second kappa shape index (κ2) is 8.75. The number of alkyl halides is 1. The maximum atomic E-state index is 13.9. The van der Waals surface area contributed by atoms with Crippen LogP contribution in [0.3, 0.4) is 0 Å². The number of aromatic nitrogens is 2. The second-order valence-corrected chi connectivity index (χ2v) is 10.7. The Bertz CT molecular complexity index is 1510. The van der Waals surface area contributed by atoms with Gasteiger partial charge in [0.1, 0.15) is 6.17 Å². The molecule has 0 radical (unpaired) electrons. The summed E-state index contributed by atoms with van der Waals surface area (Å²) >= 11 is 1.55. The fraction of sp³-hybridized carbons (Fsp3) is 0.241. The topological polar surface area (TPSA) is 78.0 Å². The van der Waals surface area contributed by atoms with Gasteiger partial charge in [-0.3, -0.25) is 4.79 Å². The van der Waals surface area contributed by atoms with Gasteiger partial charge in [0, 0.05) is 40.7 Å². The normalized spacial score (nSPS) is 20.3. The van der Waals surface area contributed by atoms with Crippen molar-refractivity contribution in [3.8, 4) is 21.7 Å². The van der Waals surface area contributed by atoms with Crippen LogP contribution in [0, 0.1) is 11.3 Å². The number of rotatable bonds is 7. The van der Waals surface area contributed by atoms with Crippen LogP contribution >= 0.6 is 11.3 Å². The maximum Gasteiger partial charge on any atom is 0.311 e. The molecule has 2 aliphatic rings. The van der Waals surface area contributed by atoms with Crippen molar-refractivity contribution >= 4 is 38.9 Å². The van der Waals surface area contributed by atoms with Gasteiger partial charge in [0.15, 0.2) is 5.13 Å². The number of fused-ring (bicyclic) bond motifs is 1. The fourth-order valence-corrected chi connectivity index (χ4v) is 5.76. The predicted molar refractivity (Wildman–Crippen MR) is 144 cm³/mol. The van der Waals surface area contributed by atoms with Gasteiger partial charge in [0.25, 0.3) is 0 Å². The molecule has 0 spiro atoms. The number of carboxylic acid groups (broad SMARTS) is 1. The van der Waals surface area contributed by atoms with Crippen molar-refractivity contribution in [3.05, 3.63) is 78.5 Å². The lowest BCUT2D eigenvalue weighted by atomic mass is 9.92. The first-order valence-corrected chi connectivity index (χ1v) is 12.9. The summed E-state index contributed by atoms with van der Waals surface area (Å²) in [5.41, 5.74) is 5.34. The third-order valence-corrected chi connectivity index (χ3v) is 8.29. The van der Waals surface area contributed by atoms with Crippen LogP contribution in [-0.4, -0.2) is 33.8 Å². The van der Waals surface area contributed by atoms with Gasteiger partial charge in [-0.1, -0.05) is 66.8 Å². The fourth-order valence-electron chi connectivity index (χ4n) is 4.73. The van der Waals surface area contributed by atoms with Crippen LogP contribution in [0.5, 0.6) is 0 Å². The lowest BCUT2D eigenvalue weighted by molar-refractivity contribution is -0.142. The Labute approximate surface area is 212 Å². The number of benzene rings is 2. The van der Waals surface area contributed by atoms with E-state index in [1.165, 1.54) is 0 Å². The van der Waals surface area contributed by atoms with Crippen LogP contribution in [0.1, 0.15) is 25.3 Å². The number of hydrogen-bond donors (Lipinski definition) is 3. The first kappa shape index (κ1) is 22.7. The Morgan fingerprint density at radius 1 is 1.19 bits per heavy atom. The summed E-state index contributed by atoms with van der Waals surface area (Å²) in [5, 5.41) is 14.7. The van der Waals surface area contributed by atoms with Crippen molar-refractivity contribution in [2.75, 3.05) is 11.9 Å². The van der Waals surface area contributed by atoms with E-state index < -0.39 is 17.6 Å². The van der Waals surface area contributed by atoms with E-state index in [0.29, 0.717) is 24.5 Å². The Balaban J connectivity index is 1.38. The van der Waals surface area contributed by atoms with E-state index in [9.17, 15) is 14.3 Å². The number of nitrogens with zero attached hydrogens (tertiary/aromatic N) is 1. The summed E-state index contributed by atoms with van der Waals surface area (Å²) in [6.07, 6.45) is 7.81. The number of anilines is 1. The predicted octanol–water partition coefficient (Wildman–Crippen LogP) is 7.16. The van der Waals surface area contributed by atoms with E-state index in [2.05, 4.69) is 34.6 Å². The van der Waals surface area contributed by atoms with E-state index in [-0.39, 0.29) is 5.92 Å². The summed E-state index contributed by atoms with van der Waals surface area (Å²) in [5.74, 6) is -0.898. The maximum absolute atomic E-state index is 13.9. The van der Waals surface area contributed by atoms with Crippen molar-refractivity contribution in [2.24, 2.45) is 11.3 Å². The van der Waals surface area contributed by atoms with Crippen LogP contribution in [0.15, 0.2) is 73.0 Å². The van der Waals surface area contributed by atoms with Gasteiger partial charge in [-0.15, -0.1) is 0 Å². The summed E-state index contributed by atoms with van der Waals surface area (Å²) in [4.78, 5) is 20.9. The minimum Gasteiger partial charge on any atom is -0.481 e. The molecule has 0 bridgehead atoms. The van der Waals surface area contributed by atoms with Crippen LogP contribution in [0.2, 0.25) is 0 Å². The summed E-state index contributed by atoms with van der Waals surface area (Å²) in [6.45, 7) is 2.26. The van der Waals surface area contributed by atoms with Crippen molar-refractivity contribution in [3.63, 3.8) is 0 Å². The average Bonchev–Trinajstić information content (AvgIpc) is 3.32. The first-order valence-electron chi connectivity index (χ1n) is 12.1. The number of thiazole rings is 1. The summed E-state index contributed by atoms with van der Waals surface area (Å²) < 4.78 is 13.9. The summed E-state index contributed by atoms with van der Waals surface area (Å²) in [7, 11) is 0.